The third-order valence-corrected chi connectivity index (χ3v) is 4.67. The van der Waals surface area contributed by atoms with Crippen LogP contribution in [-0.2, 0) is 0 Å². The van der Waals surface area contributed by atoms with E-state index in [0.29, 0.717) is 0 Å². The van der Waals surface area contributed by atoms with E-state index >= 15 is 0 Å². The number of halogens is 3. The molecule has 0 nitrogen and oxygen atoms in total. The first-order valence-corrected chi connectivity index (χ1v) is 8.18. The predicted octanol–water partition coefficient (Wildman–Crippen LogP) is 2.61. The molecular weight excluding hydrogens is 215 g/mol. The lowest BCUT2D eigenvalue weighted by Gasteiger charge is -2.01. The largest absolute Gasteiger partial charge is 0.373 e. The molecule has 50 valence electrons. The molecule has 0 saturated heterocycles. The predicted molar refractivity (Wildman–Crippen MR) is 47.3 cm³/mol. The third-order valence-electron chi connectivity index (χ3n) is 0.849. The number of thiophene rings is 1. The summed E-state index contributed by atoms with van der Waals surface area (Å²) < 4.78 is 0. The Morgan fingerprint density at radius 3 is 2.22 bits per heavy atom. The lowest BCUT2D eigenvalue weighted by atomic mass is 10.7. The Balaban J connectivity index is 2.90. The summed E-state index contributed by atoms with van der Waals surface area (Å²) >= 11 is 18.6. The summed E-state index contributed by atoms with van der Waals surface area (Å²) in [5, 5.41) is 4.65. The average Bonchev–Trinajstić information content (AvgIpc) is 2.08. The van der Waals surface area contributed by atoms with Crippen molar-refractivity contribution in [1.82, 2.24) is 0 Å². The molecule has 0 aliphatic heterocycles. The Morgan fingerprint density at radius 1 is 1.33 bits per heavy atom. The van der Waals surface area contributed by atoms with Crippen molar-refractivity contribution in [1.29, 1.82) is 0 Å². The summed E-state index contributed by atoms with van der Waals surface area (Å²) in [6, 6.07) is -0.703. The van der Waals surface area contributed by atoms with Crippen LogP contribution in [0.3, 0.4) is 0 Å². The van der Waals surface area contributed by atoms with Crippen molar-refractivity contribution in [3.63, 3.8) is 0 Å². The molecule has 9 heavy (non-hydrogen) atoms. The Hall–Kier alpha value is 0.787. The maximum atomic E-state index is 5.68. The van der Waals surface area contributed by atoms with Gasteiger partial charge in [0.05, 0.1) is 0 Å². The van der Waals surface area contributed by atoms with E-state index in [9.17, 15) is 0 Å². The molecule has 1 aromatic heterocycles. The van der Waals surface area contributed by atoms with Gasteiger partial charge in [-0.1, -0.05) is 0 Å². The van der Waals surface area contributed by atoms with E-state index in [4.69, 9.17) is 33.2 Å². The summed E-state index contributed by atoms with van der Waals surface area (Å²) in [6.45, 7) is 0. The minimum absolute atomic E-state index is 0.873. The molecular formula is C4H3Cl3SSi. The number of hydrogen-bond donors (Lipinski definition) is 0. The van der Waals surface area contributed by atoms with Gasteiger partial charge in [-0.2, -0.15) is 11.3 Å². The van der Waals surface area contributed by atoms with Crippen molar-refractivity contribution >= 4 is 55.8 Å². The molecule has 0 spiro atoms. The Labute approximate surface area is 72.5 Å². The fourth-order valence-electron chi connectivity index (χ4n) is 0.426. The zero-order chi connectivity index (χ0) is 6.91. The van der Waals surface area contributed by atoms with Crippen LogP contribution in [0.5, 0.6) is 0 Å². The summed E-state index contributed by atoms with van der Waals surface area (Å²) in [7, 11) is 0. The topological polar surface area (TPSA) is 0 Å². The fourth-order valence-corrected chi connectivity index (χ4v) is 3.86. The van der Waals surface area contributed by atoms with Crippen molar-refractivity contribution in [3.8, 4) is 0 Å². The third kappa shape index (κ3) is 2.13. The van der Waals surface area contributed by atoms with Gasteiger partial charge in [-0.05, 0) is 22.0 Å². The molecule has 0 radical (unpaired) electrons. The fraction of sp³-hybridized carbons (Fsp3) is 0. The highest BCUT2D eigenvalue weighted by molar-refractivity contribution is 7.69. The van der Waals surface area contributed by atoms with Crippen LogP contribution >= 0.6 is 44.6 Å². The van der Waals surface area contributed by atoms with E-state index < -0.39 is 6.00 Å². The highest BCUT2D eigenvalue weighted by Gasteiger charge is 2.27. The molecule has 0 atom stereocenters. The van der Waals surface area contributed by atoms with Gasteiger partial charge in [0.15, 0.2) is 0 Å². The van der Waals surface area contributed by atoms with Gasteiger partial charge in [0.2, 0.25) is 0 Å². The second kappa shape index (κ2) is 2.80. The van der Waals surface area contributed by atoms with Gasteiger partial charge in [0.25, 0.3) is 0 Å². The number of rotatable bonds is 1. The van der Waals surface area contributed by atoms with Crippen LogP contribution in [0.15, 0.2) is 16.8 Å². The zero-order valence-corrected chi connectivity index (χ0v) is 8.36. The molecule has 0 aliphatic carbocycles. The first kappa shape index (κ1) is 7.89. The molecule has 1 heterocycles. The normalized spacial score (nSPS) is 11.9. The highest BCUT2D eigenvalue weighted by Crippen LogP contribution is 2.20. The van der Waals surface area contributed by atoms with Crippen molar-refractivity contribution in [3.05, 3.63) is 16.8 Å². The molecule has 0 aromatic carbocycles. The SMILES string of the molecule is Cl[Si](Cl)(Cl)c1ccsc1. The van der Waals surface area contributed by atoms with Crippen LogP contribution in [0.4, 0.5) is 0 Å². The second-order valence-corrected chi connectivity index (χ2v) is 10.7. The standard InChI is InChI=1S/C4H3Cl3SSi/c5-9(6,7)4-1-2-8-3-4/h1-3H. The quantitative estimate of drug-likeness (QED) is 0.501. The van der Waals surface area contributed by atoms with Crippen molar-refractivity contribution in [2.24, 2.45) is 0 Å². The van der Waals surface area contributed by atoms with Gasteiger partial charge in [-0.3, -0.25) is 0 Å². The first-order valence-electron chi connectivity index (χ1n) is 2.20. The Bertz CT molecular complexity index is 178. The lowest BCUT2D eigenvalue weighted by molar-refractivity contribution is 2.13. The molecule has 0 amide bonds. The lowest BCUT2D eigenvalue weighted by Crippen LogP contribution is -2.27. The van der Waals surface area contributed by atoms with Gasteiger partial charge >= 0.3 is 6.00 Å². The maximum absolute atomic E-state index is 5.68. The van der Waals surface area contributed by atoms with Gasteiger partial charge < -0.3 is 0 Å². The molecule has 0 unspecified atom stereocenters. The van der Waals surface area contributed by atoms with Crippen molar-refractivity contribution < 1.29 is 0 Å². The monoisotopic (exact) mass is 216 g/mol. The van der Waals surface area contributed by atoms with E-state index in [0.717, 1.165) is 5.19 Å². The van der Waals surface area contributed by atoms with Crippen molar-refractivity contribution in [2.45, 2.75) is 0 Å². The molecule has 1 aromatic rings. The van der Waals surface area contributed by atoms with Crippen LogP contribution in [-0.4, -0.2) is 6.00 Å². The van der Waals surface area contributed by atoms with Crippen LogP contribution in [0.2, 0.25) is 0 Å². The smallest absolute Gasteiger partial charge is 0.152 e. The minimum Gasteiger partial charge on any atom is -0.152 e. The van der Waals surface area contributed by atoms with E-state index in [1.165, 1.54) is 0 Å². The molecule has 0 aliphatic rings. The Morgan fingerprint density at radius 2 is 2.00 bits per heavy atom. The molecule has 5 heteroatoms. The summed E-state index contributed by atoms with van der Waals surface area (Å²) in [6.07, 6.45) is 0. The van der Waals surface area contributed by atoms with Crippen LogP contribution < -0.4 is 5.19 Å². The van der Waals surface area contributed by atoms with Gasteiger partial charge in [0, 0.05) is 0 Å². The van der Waals surface area contributed by atoms with Crippen LogP contribution in [0.25, 0.3) is 0 Å². The molecule has 1 rings (SSSR count). The van der Waals surface area contributed by atoms with E-state index in [1.807, 2.05) is 16.8 Å². The minimum atomic E-state index is -2.55. The van der Waals surface area contributed by atoms with Crippen LogP contribution in [0, 0.1) is 0 Å². The summed E-state index contributed by atoms with van der Waals surface area (Å²) in [4.78, 5) is 0. The Kier molecular flexibility index (Phi) is 2.46. The highest BCUT2D eigenvalue weighted by atomic mass is 35.8. The van der Waals surface area contributed by atoms with Crippen molar-refractivity contribution in [2.75, 3.05) is 0 Å². The van der Waals surface area contributed by atoms with E-state index in [2.05, 4.69) is 0 Å². The van der Waals surface area contributed by atoms with E-state index in [-0.39, 0.29) is 0 Å². The molecule has 0 fully saturated rings. The van der Waals surface area contributed by atoms with E-state index in [1.54, 1.807) is 11.3 Å². The zero-order valence-electron chi connectivity index (χ0n) is 4.27. The first-order chi connectivity index (χ1) is 4.11. The van der Waals surface area contributed by atoms with Gasteiger partial charge in [0.1, 0.15) is 0 Å². The molecule has 0 bridgehead atoms. The maximum Gasteiger partial charge on any atom is 0.373 e. The number of hydrogen-bond acceptors (Lipinski definition) is 1. The second-order valence-electron chi connectivity index (χ2n) is 1.51. The average molecular weight is 218 g/mol. The summed E-state index contributed by atoms with van der Waals surface area (Å²) in [5.74, 6) is 0. The van der Waals surface area contributed by atoms with Gasteiger partial charge in [-0.25, -0.2) is 0 Å². The summed E-state index contributed by atoms with van der Waals surface area (Å²) in [5.41, 5.74) is 0. The van der Waals surface area contributed by atoms with Crippen LogP contribution in [0.1, 0.15) is 0 Å². The molecule has 0 saturated carbocycles. The van der Waals surface area contributed by atoms with Gasteiger partial charge in [-0.15, -0.1) is 33.2 Å². The molecule has 0 N–H and O–H groups in total.